The second-order valence-corrected chi connectivity index (χ2v) is 5.21. The maximum absolute atomic E-state index is 5.72. The van der Waals surface area contributed by atoms with E-state index in [1.54, 1.807) is 0 Å². The summed E-state index contributed by atoms with van der Waals surface area (Å²) in [4.78, 5) is 0. The Kier molecular flexibility index (Phi) is 2.11. The molecule has 13 heavy (non-hydrogen) atoms. The lowest BCUT2D eigenvalue weighted by atomic mass is 9.84. The van der Waals surface area contributed by atoms with Crippen LogP contribution < -0.4 is 4.74 Å². The molecule has 1 aliphatic rings. The van der Waals surface area contributed by atoms with Gasteiger partial charge in [0.2, 0.25) is 0 Å². The van der Waals surface area contributed by atoms with Crippen LogP contribution in [0.15, 0.2) is 22.7 Å². The highest BCUT2D eigenvalue weighted by Crippen LogP contribution is 2.38. The summed E-state index contributed by atoms with van der Waals surface area (Å²) in [6.45, 7) is 5.27. The Morgan fingerprint density at radius 1 is 1.38 bits per heavy atom. The van der Waals surface area contributed by atoms with Gasteiger partial charge in [0.1, 0.15) is 5.75 Å². The van der Waals surface area contributed by atoms with Gasteiger partial charge >= 0.3 is 0 Å². The SMILES string of the molecule is CC1(C)COc2c(Br)cccc2C1. The number of ether oxygens (including phenoxy) is 1. The van der Waals surface area contributed by atoms with E-state index in [4.69, 9.17) is 4.74 Å². The molecular weight excluding hydrogens is 228 g/mol. The molecule has 70 valence electrons. The van der Waals surface area contributed by atoms with E-state index in [-0.39, 0.29) is 5.41 Å². The fourth-order valence-corrected chi connectivity index (χ4v) is 2.21. The molecule has 0 spiro atoms. The van der Waals surface area contributed by atoms with Gasteiger partial charge in [-0.05, 0) is 34.0 Å². The molecule has 0 atom stereocenters. The largest absolute Gasteiger partial charge is 0.492 e. The smallest absolute Gasteiger partial charge is 0.136 e. The van der Waals surface area contributed by atoms with Crippen LogP contribution in [0.3, 0.4) is 0 Å². The monoisotopic (exact) mass is 240 g/mol. The molecule has 0 aromatic heterocycles. The summed E-state index contributed by atoms with van der Waals surface area (Å²) in [6.07, 6.45) is 1.10. The number of hydrogen-bond acceptors (Lipinski definition) is 1. The highest BCUT2D eigenvalue weighted by atomic mass is 79.9. The minimum Gasteiger partial charge on any atom is -0.492 e. The normalized spacial score (nSPS) is 19.0. The van der Waals surface area contributed by atoms with Crippen LogP contribution in [0.5, 0.6) is 5.75 Å². The molecule has 1 aromatic rings. The van der Waals surface area contributed by atoms with Gasteiger partial charge in [0.05, 0.1) is 11.1 Å². The highest BCUT2D eigenvalue weighted by molar-refractivity contribution is 9.10. The van der Waals surface area contributed by atoms with Crippen molar-refractivity contribution in [3.05, 3.63) is 28.2 Å². The average molecular weight is 241 g/mol. The third kappa shape index (κ3) is 1.73. The van der Waals surface area contributed by atoms with Crippen LogP contribution in [0.4, 0.5) is 0 Å². The molecular formula is C11H13BrO. The van der Waals surface area contributed by atoms with Crippen molar-refractivity contribution in [3.63, 3.8) is 0 Å². The zero-order valence-corrected chi connectivity index (χ0v) is 9.52. The molecule has 0 saturated heterocycles. The molecule has 1 aromatic carbocycles. The van der Waals surface area contributed by atoms with Crippen molar-refractivity contribution in [1.29, 1.82) is 0 Å². The lowest BCUT2D eigenvalue weighted by molar-refractivity contribution is 0.154. The predicted molar refractivity (Wildman–Crippen MR) is 57.1 cm³/mol. The van der Waals surface area contributed by atoms with Crippen molar-refractivity contribution in [1.82, 2.24) is 0 Å². The third-order valence-electron chi connectivity index (χ3n) is 2.32. The summed E-state index contributed by atoms with van der Waals surface area (Å²) in [7, 11) is 0. The quantitative estimate of drug-likeness (QED) is 0.676. The number of rotatable bonds is 0. The molecule has 0 radical (unpaired) electrons. The summed E-state index contributed by atoms with van der Waals surface area (Å²) in [5.41, 5.74) is 1.58. The van der Waals surface area contributed by atoms with Crippen LogP contribution >= 0.6 is 15.9 Å². The van der Waals surface area contributed by atoms with E-state index in [1.165, 1.54) is 5.56 Å². The molecule has 1 heterocycles. The Hall–Kier alpha value is -0.500. The Morgan fingerprint density at radius 2 is 2.15 bits per heavy atom. The Bertz CT molecular complexity index is 331. The average Bonchev–Trinajstić information content (AvgIpc) is 2.02. The van der Waals surface area contributed by atoms with Crippen molar-refractivity contribution in [2.24, 2.45) is 5.41 Å². The first-order chi connectivity index (χ1) is 6.08. The number of fused-ring (bicyclic) bond motifs is 1. The van der Waals surface area contributed by atoms with Gasteiger partial charge in [-0.15, -0.1) is 0 Å². The number of benzene rings is 1. The van der Waals surface area contributed by atoms with Gasteiger partial charge < -0.3 is 4.74 Å². The molecule has 0 unspecified atom stereocenters. The van der Waals surface area contributed by atoms with Crippen LogP contribution in [0.1, 0.15) is 19.4 Å². The lowest BCUT2D eigenvalue weighted by Crippen LogP contribution is -2.28. The number of para-hydroxylation sites is 1. The van der Waals surface area contributed by atoms with E-state index < -0.39 is 0 Å². The topological polar surface area (TPSA) is 9.23 Å². The second kappa shape index (κ2) is 3.02. The van der Waals surface area contributed by atoms with E-state index >= 15 is 0 Å². The van der Waals surface area contributed by atoms with E-state index in [1.807, 2.05) is 6.07 Å². The van der Waals surface area contributed by atoms with Gasteiger partial charge in [0.15, 0.2) is 0 Å². The molecule has 0 saturated carbocycles. The summed E-state index contributed by atoms with van der Waals surface area (Å²) in [5.74, 6) is 1.03. The van der Waals surface area contributed by atoms with Gasteiger partial charge in [-0.1, -0.05) is 26.0 Å². The molecule has 0 aliphatic carbocycles. The first kappa shape index (κ1) is 9.07. The highest BCUT2D eigenvalue weighted by Gasteiger charge is 2.27. The zero-order chi connectivity index (χ0) is 9.47. The van der Waals surface area contributed by atoms with Crippen molar-refractivity contribution in [2.45, 2.75) is 20.3 Å². The van der Waals surface area contributed by atoms with E-state index in [0.29, 0.717) is 0 Å². The van der Waals surface area contributed by atoms with Crippen LogP contribution in [0.2, 0.25) is 0 Å². The molecule has 1 nitrogen and oxygen atoms in total. The van der Waals surface area contributed by atoms with Crippen LogP contribution in [-0.4, -0.2) is 6.61 Å². The standard InChI is InChI=1S/C11H13BrO/c1-11(2)6-8-4-3-5-9(12)10(8)13-7-11/h3-5H,6-7H2,1-2H3. The molecule has 2 heteroatoms. The van der Waals surface area contributed by atoms with E-state index in [0.717, 1.165) is 23.2 Å². The Balaban J connectivity index is 2.42. The molecule has 0 N–H and O–H groups in total. The lowest BCUT2D eigenvalue weighted by Gasteiger charge is -2.31. The maximum Gasteiger partial charge on any atom is 0.136 e. The van der Waals surface area contributed by atoms with Gasteiger partial charge in [-0.3, -0.25) is 0 Å². The molecule has 0 fully saturated rings. The number of hydrogen-bond donors (Lipinski definition) is 0. The van der Waals surface area contributed by atoms with Gasteiger partial charge in [0, 0.05) is 5.41 Å². The Labute approximate surface area is 87.2 Å². The van der Waals surface area contributed by atoms with Crippen LogP contribution in [0.25, 0.3) is 0 Å². The molecule has 0 bridgehead atoms. The minimum atomic E-state index is 0.272. The first-order valence-corrected chi connectivity index (χ1v) is 5.28. The van der Waals surface area contributed by atoms with Crippen molar-refractivity contribution in [3.8, 4) is 5.75 Å². The fraction of sp³-hybridized carbons (Fsp3) is 0.455. The summed E-state index contributed by atoms with van der Waals surface area (Å²) in [6, 6.07) is 6.23. The van der Waals surface area contributed by atoms with Gasteiger partial charge in [-0.2, -0.15) is 0 Å². The molecule has 0 amide bonds. The summed E-state index contributed by atoms with van der Waals surface area (Å²) in [5, 5.41) is 0. The predicted octanol–water partition coefficient (Wildman–Crippen LogP) is 3.41. The first-order valence-electron chi connectivity index (χ1n) is 4.49. The fourth-order valence-electron chi connectivity index (χ4n) is 1.69. The van der Waals surface area contributed by atoms with Crippen molar-refractivity contribution in [2.75, 3.05) is 6.61 Å². The van der Waals surface area contributed by atoms with Gasteiger partial charge in [0.25, 0.3) is 0 Å². The molecule has 1 aliphatic heterocycles. The summed E-state index contributed by atoms with van der Waals surface area (Å²) >= 11 is 3.49. The maximum atomic E-state index is 5.72. The third-order valence-corrected chi connectivity index (χ3v) is 2.95. The second-order valence-electron chi connectivity index (χ2n) is 4.36. The van der Waals surface area contributed by atoms with E-state index in [2.05, 4.69) is 41.9 Å². The molecule has 2 rings (SSSR count). The van der Waals surface area contributed by atoms with Crippen molar-refractivity contribution >= 4 is 15.9 Å². The van der Waals surface area contributed by atoms with Crippen LogP contribution in [-0.2, 0) is 6.42 Å². The summed E-state index contributed by atoms with van der Waals surface area (Å²) < 4.78 is 6.79. The van der Waals surface area contributed by atoms with E-state index in [9.17, 15) is 0 Å². The number of halogens is 1. The van der Waals surface area contributed by atoms with Gasteiger partial charge in [-0.25, -0.2) is 0 Å². The van der Waals surface area contributed by atoms with Crippen molar-refractivity contribution < 1.29 is 4.74 Å². The zero-order valence-electron chi connectivity index (χ0n) is 7.93. The minimum absolute atomic E-state index is 0.272. The Morgan fingerprint density at radius 3 is 2.92 bits per heavy atom. The van der Waals surface area contributed by atoms with Crippen LogP contribution in [0, 0.1) is 5.41 Å².